The van der Waals surface area contributed by atoms with E-state index < -0.39 is 0 Å². The highest BCUT2D eigenvalue weighted by molar-refractivity contribution is 9.10. The van der Waals surface area contributed by atoms with E-state index >= 15 is 0 Å². The van der Waals surface area contributed by atoms with Gasteiger partial charge in [0.05, 0.1) is 17.3 Å². The van der Waals surface area contributed by atoms with Gasteiger partial charge in [0, 0.05) is 17.2 Å². The summed E-state index contributed by atoms with van der Waals surface area (Å²) in [6.07, 6.45) is 0. The van der Waals surface area contributed by atoms with Crippen LogP contribution in [0.2, 0.25) is 0 Å². The fourth-order valence-corrected chi connectivity index (χ4v) is 2.47. The Kier molecular flexibility index (Phi) is 3.69. The van der Waals surface area contributed by atoms with Gasteiger partial charge >= 0.3 is 0 Å². The molecule has 0 aliphatic carbocycles. The molecule has 0 aliphatic heterocycles. The van der Waals surface area contributed by atoms with E-state index in [0.717, 1.165) is 15.8 Å². The zero-order valence-electron chi connectivity index (χ0n) is 10.3. The molecule has 0 aromatic heterocycles. The molecule has 90 valence electrons. The molecule has 0 aliphatic rings. The van der Waals surface area contributed by atoms with Gasteiger partial charge < -0.3 is 4.90 Å². The maximum atomic E-state index is 8.86. The van der Waals surface area contributed by atoms with Crippen LogP contribution >= 0.6 is 15.9 Å². The van der Waals surface area contributed by atoms with Crippen molar-refractivity contribution in [2.24, 2.45) is 0 Å². The third-order valence-electron chi connectivity index (χ3n) is 2.83. The monoisotopic (exact) mass is 300 g/mol. The fourth-order valence-electron chi connectivity index (χ4n) is 1.82. The van der Waals surface area contributed by atoms with Crippen LogP contribution in [0.15, 0.2) is 46.9 Å². The molecule has 2 aromatic rings. The van der Waals surface area contributed by atoms with Gasteiger partial charge in [-0.2, -0.15) is 5.26 Å². The van der Waals surface area contributed by atoms with Crippen molar-refractivity contribution >= 4 is 27.3 Å². The van der Waals surface area contributed by atoms with Crippen LogP contribution in [0.25, 0.3) is 0 Å². The Balaban J connectivity index is 2.40. The van der Waals surface area contributed by atoms with Crippen molar-refractivity contribution in [2.45, 2.75) is 6.92 Å². The van der Waals surface area contributed by atoms with Crippen molar-refractivity contribution in [3.05, 3.63) is 58.1 Å². The molecule has 0 amide bonds. The van der Waals surface area contributed by atoms with E-state index in [4.69, 9.17) is 5.26 Å². The summed E-state index contributed by atoms with van der Waals surface area (Å²) in [5.74, 6) is 0. The lowest BCUT2D eigenvalue weighted by atomic mass is 10.1. The van der Waals surface area contributed by atoms with Crippen LogP contribution in [0.3, 0.4) is 0 Å². The molecule has 3 heteroatoms. The fraction of sp³-hybridized carbons (Fsp3) is 0.133. The van der Waals surface area contributed by atoms with Gasteiger partial charge in [-0.05, 0) is 58.7 Å². The first-order valence-corrected chi connectivity index (χ1v) is 6.41. The number of halogens is 1. The third kappa shape index (κ3) is 2.55. The Labute approximate surface area is 116 Å². The number of anilines is 2. The molecule has 0 spiro atoms. The minimum Gasteiger partial charge on any atom is -0.344 e. The van der Waals surface area contributed by atoms with Crippen LogP contribution in [0.5, 0.6) is 0 Å². The highest BCUT2D eigenvalue weighted by Crippen LogP contribution is 2.31. The van der Waals surface area contributed by atoms with Crippen molar-refractivity contribution in [1.82, 2.24) is 0 Å². The molecule has 0 heterocycles. The van der Waals surface area contributed by atoms with Gasteiger partial charge in [-0.25, -0.2) is 0 Å². The lowest BCUT2D eigenvalue weighted by molar-refractivity contribution is 1.19. The van der Waals surface area contributed by atoms with Crippen LogP contribution in [0.4, 0.5) is 11.4 Å². The summed E-state index contributed by atoms with van der Waals surface area (Å²) in [5.41, 5.74) is 4.05. The maximum absolute atomic E-state index is 8.86. The first-order chi connectivity index (χ1) is 8.61. The lowest BCUT2D eigenvalue weighted by Crippen LogP contribution is -2.10. The lowest BCUT2D eigenvalue weighted by Gasteiger charge is -2.21. The molecular weight excluding hydrogens is 288 g/mol. The maximum Gasteiger partial charge on any atom is 0.0992 e. The second-order valence-corrected chi connectivity index (χ2v) is 5.03. The molecule has 2 rings (SSSR count). The van der Waals surface area contributed by atoms with Crippen LogP contribution < -0.4 is 4.90 Å². The second-order valence-electron chi connectivity index (χ2n) is 4.18. The molecule has 2 aromatic carbocycles. The summed E-state index contributed by atoms with van der Waals surface area (Å²) in [6.45, 7) is 2.07. The van der Waals surface area contributed by atoms with Crippen molar-refractivity contribution in [2.75, 3.05) is 11.9 Å². The molecule has 0 atom stereocenters. The summed E-state index contributed by atoms with van der Waals surface area (Å²) in [7, 11) is 2.01. The summed E-state index contributed by atoms with van der Waals surface area (Å²) in [5, 5.41) is 8.86. The van der Waals surface area contributed by atoms with E-state index in [1.807, 2.05) is 31.3 Å². The zero-order chi connectivity index (χ0) is 13.1. The summed E-state index contributed by atoms with van der Waals surface area (Å²) in [4.78, 5) is 2.10. The van der Waals surface area contributed by atoms with Crippen molar-refractivity contribution in [3.63, 3.8) is 0 Å². The van der Waals surface area contributed by atoms with Crippen molar-refractivity contribution < 1.29 is 0 Å². The number of aryl methyl sites for hydroxylation is 1. The van der Waals surface area contributed by atoms with Crippen molar-refractivity contribution in [1.29, 1.82) is 5.26 Å². The van der Waals surface area contributed by atoms with Crippen molar-refractivity contribution in [3.8, 4) is 6.07 Å². The quantitative estimate of drug-likeness (QED) is 0.822. The van der Waals surface area contributed by atoms with E-state index in [1.165, 1.54) is 5.56 Å². The Morgan fingerprint density at radius 3 is 2.56 bits per heavy atom. The average Bonchev–Trinajstić information content (AvgIpc) is 2.37. The van der Waals surface area contributed by atoms with Gasteiger partial charge in [-0.3, -0.25) is 0 Å². The highest BCUT2D eigenvalue weighted by atomic mass is 79.9. The van der Waals surface area contributed by atoms with Gasteiger partial charge in [0.2, 0.25) is 0 Å². The minimum atomic E-state index is 0.656. The number of hydrogen-bond acceptors (Lipinski definition) is 2. The number of nitrogens with zero attached hydrogens (tertiary/aromatic N) is 2. The van der Waals surface area contributed by atoms with E-state index in [2.05, 4.69) is 52.0 Å². The van der Waals surface area contributed by atoms with E-state index in [1.54, 1.807) is 0 Å². The minimum absolute atomic E-state index is 0.656. The van der Waals surface area contributed by atoms with Crippen LogP contribution in [-0.4, -0.2) is 7.05 Å². The molecule has 0 saturated heterocycles. The molecule has 18 heavy (non-hydrogen) atoms. The van der Waals surface area contributed by atoms with Gasteiger partial charge in [-0.1, -0.05) is 12.1 Å². The first kappa shape index (κ1) is 12.7. The number of nitriles is 1. The van der Waals surface area contributed by atoms with E-state index in [-0.39, 0.29) is 0 Å². The van der Waals surface area contributed by atoms with Crippen LogP contribution in [0, 0.1) is 18.3 Å². The number of rotatable bonds is 2. The molecule has 0 fully saturated rings. The third-order valence-corrected chi connectivity index (χ3v) is 3.46. The molecule has 0 saturated carbocycles. The summed E-state index contributed by atoms with van der Waals surface area (Å²) < 4.78 is 0.922. The summed E-state index contributed by atoms with van der Waals surface area (Å²) >= 11 is 3.51. The standard InChI is InChI=1S/C15H13BrN2/c1-11-4-3-5-13(8-11)18(2)15-7-6-12(10-17)9-14(15)16/h3-9H,1-2H3. The molecule has 0 bridgehead atoms. The molecule has 0 N–H and O–H groups in total. The average molecular weight is 301 g/mol. The number of benzene rings is 2. The first-order valence-electron chi connectivity index (χ1n) is 5.62. The van der Waals surface area contributed by atoms with Gasteiger partial charge in [-0.15, -0.1) is 0 Å². The highest BCUT2D eigenvalue weighted by Gasteiger charge is 2.08. The Morgan fingerprint density at radius 1 is 1.17 bits per heavy atom. The Morgan fingerprint density at radius 2 is 1.94 bits per heavy atom. The Hall–Kier alpha value is -1.79. The van der Waals surface area contributed by atoms with Crippen LogP contribution in [-0.2, 0) is 0 Å². The van der Waals surface area contributed by atoms with E-state index in [0.29, 0.717) is 5.56 Å². The molecule has 0 unspecified atom stereocenters. The normalized spacial score (nSPS) is 9.89. The number of hydrogen-bond donors (Lipinski definition) is 0. The topological polar surface area (TPSA) is 27.0 Å². The smallest absolute Gasteiger partial charge is 0.0992 e. The Bertz CT molecular complexity index is 614. The SMILES string of the molecule is Cc1cccc(N(C)c2ccc(C#N)cc2Br)c1. The van der Waals surface area contributed by atoms with Gasteiger partial charge in [0.15, 0.2) is 0 Å². The largest absolute Gasteiger partial charge is 0.344 e. The van der Waals surface area contributed by atoms with Crippen LogP contribution in [0.1, 0.15) is 11.1 Å². The van der Waals surface area contributed by atoms with Gasteiger partial charge in [0.25, 0.3) is 0 Å². The second kappa shape index (κ2) is 5.24. The molecule has 2 nitrogen and oxygen atoms in total. The van der Waals surface area contributed by atoms with E-state index in [9.17, 15) is 0 Å². The predicted octanol–water partition coefficient (Wildman–Crippen LogP) is 4.40. The van der Waals surface area contributed by atoms with Gasteiger partial charge in [0.1, 0.15) is 0 Å². The molecular formula is C15H13BrN2. The zero-order valence-corrected chi connectivity index (χ0v) is 11.9. The summed E-state index contributed by atoms with van der Waals surface area (Å²) in [6, 6.07) is 16.1. The molecule has 0 radical (unpaired) electrons. The predicted molar refractivity (Wildman–Crippen MR) is 78.1 cm³/mol.